The first-order valence-corrected chi connectivity index (χ1v) is 13.7. The molecular formula is C29H31ClN4O5. The molecule has 204 valence electrons. The van der Waals surface area contributed by atoms with Crippen molar-refractivity contribution in [3.8, 4) is 5.75 Å². The number of hydrogen-bond acceptors (Lipinski definition) is 7. The van der Waals surface area contributed by atoms with Gasteiger partial charge in [0.2, 0.25) is 0 Å². The minimum Gasteiger partial charge on any atom is -0.492 e. The first kappa shape index (κ1) is 25.7. The molecule has 2 aromatic carbocycles. The van der Waals surface area contributed by atoms with Crippen molar-refractivity contribution >= 4 is 45.2 Å². The van der Waals surface area contributed by atoms with E-state index >= 15 is 0 Å². The molecule has 9 nitrogen and oxygen atoms in total. The third-order valence-electron chi connectivity index (χ3n) is 7.89. The van der Waals surface area contributed by atoms with Crippen molar-refractivity contribution in [1.82, 2.24) is 9.55 Å². The number of aryl methyl sites for hydroxylation is 2. The van der Waals surface area contributed by atoms with Crippen molar-refractivity contribution in [2.75, 3.05) is 37.8 Å². The van der Waals surface area contributed by atoms with Gasteiger partial charge in [0, 0.05) is 50.0 Å². The average Bonchev–Trinajstić information content (AvgIpc) is 3.59. The number of benzene rings is 2. The van der Waals surface area contributed by atoms with Crippen LogP contribution in [0, 0.1) is 12.8 Å². The number of amides is 1. The Kier molecular flexibility index (Phi) is 6.72. The number of piperidine rings is 1. The van der Waals surface area contributed by atoms with Gasteiger partial charge in [-0.15, -0.1) is 0 Å². The summed E-state index contributed by atoms with van der Waals surface area (Å²) >= 11 is 6.68. The number of ether oxygens (including phenoxy) is 2. The molecule has 2 fully saturated rings. The maximum atomic E-state index is 13.4. The van der Waals surface area contributed by atoms with Gasteiger partial charge in [0.1, 0.15) is 16.8 Å². The highest BCUT2D eigenvalue weighted by molar-refractivity contribution is 6.33. The normalized spacial score (nSPS) is 18.3. The van der Waals surface area contributed by atoms with Crippen molar-refractivity contribution in [2.45, 2.75) is 32.1 Å². The van der Waals surface area contributed by atoms with E-state index in [2.05, 4.69) is 4.90 Å². The second-order valence-corrected chi connectivity index (χ2v) is 11.0. The zero-order valence-electron chi connectivity index (χ0n) is 22.0. The smallest absolute Gasteiger partial charge is 0.265 e. The fraction of sp³-hybridized carbons (Fsp3) is 0.414. The maximum absolute atomic E-state index is 13.4. The predicted octanol–water partition coefficient (Wildman–Crippen LogP) is 4.54. The summed E-state index contributed by atoms with van der Waals surface area (Å²) in [5.41, 5.74) is 9.20. The molecule has 4 heterocycles. The molecule has 6 rings (SSSR count). The number of anilines is 1. The molecule has 0 bridgehead atoms. The van der Waals surface area contributed by atoms with Crippen LogP contribution in [0.1, 0.15) is 47.0 Å². The lowest BCUT2D eigenvalue weighted by Crippen LogP contribution is -2.38. The summed E-state index contributed by atoms with van der Waals surface area (Å²) in [7, 11) is 1.63. The SMILES string of the molecule is Cc1ccc2oc(C3CCN(c4c(C(N)=O)c(=O)n(C)c5cc(OCC6CCOC6)c(Cl)cc45)CC3)nc2c1. The van der Waals surface area contributed by atoms with Crippen LogP contribution in [-0.4, -0.2) is 48.4 Å². The first-order valence-electron chi connectivity index (χ1n) is 13.3. The van der Waals surface area contributed by atoms with Crippen molar-refractivity contribution in [3.63, 3.8) is 0 Å². The van der Waals surface area contributed by atoms with E-state index in [0.29, 0.717) is 59.6 Å². The van der Waals surface area contributed by atoms with Gasteiger partial charge in [-0.2, -0.15) is 0 Å². The molecule has 4 aromatic rings. The fourth-order valence-electron chi connectivity index (χ4n) is 5.69. The maximum Gasteiger partial charge on any atom is 0.265 e. The number of halogens is 1. The van der Waals surface area contributed by atoms with Crippen molar-refractivity contribution < 1.29 is 18.7 Å². The lowest BCUT2D eigenvalue weighted by Gasteiger charge is -2.34. The highest BCUT2D eigenvalue weighted by atomic mass is 35.5. The van der Waals surface area contributed by atoms with E-state index in [9.17, 15) is 9.59 Å². The van der Waals surface area contributed by atoms with E-state index in [-0.39, 0.29) is 11.5 Å². The first-order chi connectivity index (χ1) is 18.8. The molecule has 2 aliphatic heterocycles. The molecule has 1 unspecified atom stereocenters. The van der Waals surface area contributed by atoms with Gasteiger partial charge >= 0.3 is 0 Å². The molecule has 2 N–H and O–H groups in total. The van der Waals surface area contributed by atoms with E-state index in [1.165, 1.54) is 4.57 Å². The van der Waals surface area contributed by atoms with E-state index in [1.807, 2.05) is 25.1 Å². The third kappa shape index (κ3) is 4.74. The van der Waals surface area contributed by atoms with Crippen LogP contribution in [0.5, 0.6) is 5.75 Å². The molecule has 1 amide bonds. The Morgan fingerprint density at radius 3 is 2.72 bits per heavy atom. The number of fused-ring (bicyclic) bond motifs is 2. The molecular weight excluding hydrogens is 520 g/mol. The van der Waals surface area contributed by atoms with Crippen molar-refractivity contribution in [2.24, 2.45) is 18.7 Å². The summed E-state index contributed by atoms with van der Waals surface area (Å²) in [5.74, 6) is 0.888. The van der Waals surface area contributed by atoms with Gasteiger partial charge in [0.15, 0.2) is 11.5 Å². The topological polar surface area (TPSA) is 113 Å². The van der Waals surface area contributed by atoms with Crippen LogP contribution in [0.2, 0.25) is 5.02 Å². The standard InChI is InChI=1S/C29H31ClN4O5/c1-16-3-4-23-21(11-16)32-28(39-23)18-5-8-34(9-6-18)26-19-12-20(30)24(38-15-17-7-10-37-14-17)13-22(19)33(2)29(36)25(26)27(31)35/h3-4,11-13,17-18H,5-10,14-15H2,1-2H3,(H2,31,35). The monoisotopic (exact) mass is 550 g/mol. The highest BCUT2D eigenvalue weighted by Gasteiger charge is 2.30. The number of carbonyl (C=O) groups is 1. The number of nitrogens with zero attached hydrogens (tertiary/aromatic N) is 3. The van der Waals surface area contributed by atoms with E-state index in [4.69, 9.17) is 36.2 Å². The zero-order valence-corrected chi connectivity index (χ0v) is 22.8. The number of hydrogen-bond donors (Lipinski definition) is 1. The van der Waals surface area contributed by atoms with Crippen molar-refractivity contribution in [3.05, 3.63) is 62.7 Å². The Morgan fingerprint density at radius 1 is 1.21 bits per heavy atom. The van der Waals surface area contributed by atoms with Gasteiger partial charge in [0.05, 0.1) is 29.4 Å². The molecule has 0 saturated carbocycles. The fourth-order valence-corrected chi connectivity index (χ4v) is 5.90. The molecule has 0 radical (unpaired) electrons. The third-order valence-corrected chi connectivity index (χ3v) is 8.18. The average molecular weight is 551 g/mol. The van der Waals surface area contributed by atoms with E-state index in [0.717, 1.165) is 48.4 Å². The minimum absolute atomic E-state index is 0.0337. The van der Waals surface area contributed by atoms with Gasteiger partial charge < -0.3 is 29.1 Å². The summed E-state index contributed by atoms with van der Waals surface area (Å²) in [4.78, 5) is 32.8. The Hall–Kier alpha value is -3.56. The molecule has 2 saturated heterocycles. The van der Waals surface area contributed by atoms with Crippen LogP contribution in [0.25, 0.3) is 22.0 Å². The Balaban J connectivity index is 1.33. The Labute approximate surface area is 230 Å². The molecule has 0 aliphatic carbocycles. The van der Waals surface area contributed by atoms with Crippen LogP contribution >= 0.6 is 11.6 Å². The number of aromatic nitrogens is 2. The van der Waals surface area contributed by atoms with Crippen LogP contribution in [-0.2, 0) is 11.8 Å². The summed E-state index contributed by atoms with van der Waals surface area (Å²) in [6.45, 7) is 5.10. The van der Waals surface area contributed by atoms with Gasteiger partial charge in [-0.3, -0.25) is 9.59 Å². The van der Waals surface area contributed by atoms with Gasteiger partial charge in [-0.05, 0) is 49.9 Å². The largest absolute Gasteiger partial charge is 0.492 e. The summed E-state index contributed by atoms with van der Waals surface area (Å²) < 4.78 is 19.0. The summed E-state index contributed by atoms with van der Waals surface area (Å²) in [6.07, 6.45) is 2.44. The lowest BCUT2D eigenvalue weighted by molar-refractivity contribution is 0.0999. The second-order valence-electron chi connectivity index (χ2n) is 10.6. The number of pyridine rings is 1. The molecule has 1 atom stereocenters. The number of primary amides is 1. The Morgan fingerprint density at radius 2 is 2.00 bits per heavy atom. The molecule has 10 heteroatoms. The van der Waals surface area contributed by atoms with Gasteiger partial charge in [0.25, 0.3) is 11.5 Å². The molecule has 0 spiro atoms. The molecule has 2 aromatic heterocycles. The minimum atomic E-state index is -0.762. The Bertz CT molecular complexity index is 1630. The number of oxazole rings is 1. The van der Waals surface area contributed by atoms with Gasteiger partial charge in [-0.1, -0.05) is 17.7 Å². The molecule has 39 heavy (non-hydrogen) atoms. The lowest BCUT2D eigenvalue weighted by atomic mass is 9.95. The highest BCUT2D eigenvalue weighted by Crippen LogP contribution is 2.39. The van der Waals surface area contributed by atoms with Crippen LogP contribution < -0.4 is 20.9 Å². The van der Waals surface area contributed by atoms with Crippen LogP contribution in [0.4, 0.5) is 5.69 Å². The zero-order chi connectivity index (χ0) is 27.3. The van der Waals surface area contributed by atoms with Gasteiger partial charge in [-0.25, -0.2) is 4.98 Å². The molecule has 2 aliphatic rings. The summed E-state index contributed by atoms with van der Waals surface area (Å²) in [5, 5.41) is 1.09. The van der Waals surface area contributed by atoms with Crippen LogP contribution in [0.3, 0.4) is 0 Å². The quantitative estimate of drug-likeness (QED) is 0.375. The number of rotatable bonds is 6. The van der Waals surface area contributed by atoms with Crippen LogP contribution in [0.15, 0.2) is 39.5 Å². The van der Waals surface area contributed by atoms with E-state index < -0.39 is 11.5 Å². The van der Waals surface area contributed by atoms with Crippen molar-refractivity contribution in [1.29, 1.82) is 0 Å². The predicted molar refractivity (Wildman–Crippen MR) is 150 cm³/mol. The van der Waals surface area contributed by atoms with E-state index in [1.54, 1.807) is 19.2 Å². The number of nitrogens with two attached hydrogens (primary N) is 1. The summed E-state index contributed by atoms with van der Waals surface area (Å²) in [6, 6.07) is 9.53. The number of carbonyl (C=O) groups excluding carboxylic acids is 1. The second kappa shape index (κ2) is 10.2.